The largest absolute Gasteiger partial charge is 0.451 e. The van der Waals surface area contributed by atoms with Crippen LogP contribution in [0.5, 0.6) is 11.5 Å². The van der Waals surface area contributed by atoms with Crippen molar-refractivity contribution in [3.8, 4) is 11.5 Å². The van der Waals surface area contributed by atoms with Crippen LogP contribution in [0.1, 0.15) is 52.0 Å². The molecular formula is C20H28O2. The molecule has 120 valence electrons. The third kappa shape index (κ3) is 4.94. The summed E-state index contributed by atoms with van der Waals surface area (Å²) in [7, 11) is 0. The summed E-state index contributed by atoms with van der Waals surface area (Å²) in [5, 5.41) is 0. The van der Waals surface area contributed by atoms with Crippen LogP contribution >= 0.6 is 0 Å². The molecule has 0 aliphatic carbocycles. The maximum atomic E-state index is 5.92. The lowest BCUT2D eigenvalue weighted by Crippen LogP contribution is -2.18. The van der Waals surface area contributed by atoms with Crippen LogP contribution in [0.3, 0.4) is 0 Å². The van der Waals surface area contributed by atoms with E-state index < -0.39 is 0 Å². The maximum Gasteiger partial charge on any atom is 0.241 e. The summed E-state index contributed by atoms with van der Waals surface area (Å²) in [6.07, 6.45) is 9.44. The molecule has 0 radical (unpaired) electrons. The zero-order valence-electron chi connectivity index (χ0n) is 14.1. The van der Waals surface area contributed by atoms with Gasteiger partial charge in [0.15, 0.2) is 11.5 Å². The smallest absolute Gasteiger partial charge is 0.241 e. The molecule has 1 heterocycles. The fourth-order valence-electron chi connectivity index (χ4n) is 2.68. The molecule has 1 aliphatic rings. The van der Waals surface area contributed by atoms with Crippen molar-refractivity contribution in [1.29, 1.82) is 0 Å². The molecule has 1 aliphatic heterocycles. The van der Waals surface area contributed by atoms with Gasteiger partial charge in [-0.05, 0) is 63.1 Å². The molecule has 0 fully saturated rings. The highest BCUT2D eigenvalue weighted by atomic mass is 16.7. The van der Waals surface area contributed by atoms with E-state index in [2.05, 4.69) is 45.6 Å². The number of fused-ring (bicyclic) bond motifs is 1. The van der Waals surface area contributed by atoms with Gasteiger partial charge in [0.1, 0.15) is 0 Å². The van der Waals surface area contributed by atoms with Crippen LogP contribution in [-0.4, -0.2) is 6.29 Å². The van der Waals surface area contributed by atoms with E-state index in [1.165, 1.54) is 24.0 Å². The second kappa shape index (κ2) is 8.07. The van der Waals surface area contributed by atoms with E-state index in [0.717, 1.165) is 30.8 Å². The minimum Gasteiger partial charge on any atom is -0.451 e. The van der Waals surface area contributed by atoms with Gasteiger partial charge in [0.25, 0.3) is 0 Å². The van der Waals surface area contributed by atoms with Crippen LogP contribution in [0.25, 0.3) is 0 Å². The van der Waals surface area contributed by atoms with Gasteiger partial charge < -0.3 is 9.47 Å². The first-order chi connectivity index (χ1) is 10.6. The van der Waals surface area contributed by atoms with Crippen molar-refractivity contribution < 1.29 is 9.47 Å². The Labute approximate surface area is 134 Å². The summed E-state index contributed by atoms with van der Waals surface area (Å²) in [5.74, 6) is 2.44. The predicted octanol–water partition coefficient (Wildman–Crippen LogP) is 5.68. The molecular weight excluding hydrogens is 272 g/mol. The topological polar surface area (TPSA) is 18.5 Å². The van der Waals surface area contributed by atoms with Gasteiger partial charge in [-0.1, -0.05) is 30.7 Å². The first-order valence-electron chi connectivity index (χ1n) is 8.29. The molecule has 1 aromatic rings. The van der Waals surface area contributed by atoms with E-state index in [4.69, 9.17) is 9.47 Å². The molecule has 0 amide bonds. The highest BCUT2D eigenvalue weighted by Crippen LogP contribution is 2.37. The van der Waals surface area contributed by atoms with E-state index in [1.54, 1.807) is 0 Å². The minimum absolute atomic E-state index is 0.125. The molecule has 2 nitrogen and oxygen atoms in total. The average Bonchev–Trinajstić information content (AvgIpc) is 2.87. The minimum atomic E-state index is -0.125. The van der Waals surface area contributed by atoms with Crippen molar-refractivity contribution in [3.05, 3.63) is 48.1 Å². The quantitative estimate of drug-likeness (QED) is 0.575. The van der Waals surface area contributed by atoms with E-state index in [9.17, 15) is 0 Å². The summed E-state index contributed by atoms with van der Waals surface area (Å²) < 4.78 is 11.8. The number of benzene rings is 1. The lowest BCUT2D eigenvalue weighted by Gasteiger charge is -2.14. The van der Waals surface area contributed by atoms with Gasteiger partial charge in [0.05, 0.1) is 0 Å². The predicted molar refractivity (Wildman–Crippen MR) is 92.5 cm³/mol. The highest BCUT2D eigenvalue weighted by Gasteiger charge is 2.24. The first kappa shape index (κ1) is 16.7. The molecule has 0 spiro atoms. The number of ether oxygens (including phenoxy) is 2. The van der Waals surface area contributed by atoms with Crippen molar-refractivity contribution >= 4 is 0 Å². The zero-order chi connectivity index (χ0) is 15.9. The lowest BCUT2D eigenvalue weighted by atomic mass is 9.99. The van der Waals surface area contributed by atoms with Crippen LogP contribution in [0, 0.1) is 5.92 Å². The second-order valence-corrected chi connectivity index (χ2v) is 6.48. The van der Waals surface area contributed by atoms with Gasteiger partial charge >= 0.3 is 0 Å². The van der Waals surface area contributed by atoms with E-state index in [1.807, 2.05) is 12.1 Å². The number of rotatable bonds is 8. The Morgan fingerprint density at radius 2 is 2.00 bits per heavy atom. The molecule has 2 rings (SSSR count). The van der Waals surface area contributed by atoms with Crippen LogP contribution in [-0.2, 0) is 6.42 Å². The molecule has 0 saturated heterocycles. The van der Waals surface area contributed by atoms with Gasteiger partial charge in [-0.25, -0.2) is 0 Å². The number of hydrogen-bond acceptors (Lipinski definition) is 2. The Hall–Kier alpha value is -1.70. The first-order valence-corrected chi connectivity index (χ1v) is 8.29. The van der Waals surface area contributed by atoms with Crippen LogP contribution in [0.15, 0.2) is 42.5 Å². The van der Waals surface area contributed by atoms with Gasteiger partial charge in [-0.3, -0.25) is 0 Å². The Balaban J connectivity index is 1.77. The van der Waals surface area contributed by atoms with Gasteiger partial charge in [-0.15, -0.1) is 6.58 Å². The van der Waals surface area contributed by atoms with Crippen LogP contribution < -0.4 is 9.47 Å². The third-order valence-electron chi connectivity index (χ3n) is 4.01. The van der Waals surface area contributed by atoms with Crippen LogP contribution in [0.2, 0.25) is 0 Å². The summed E-state index contributed by atoms with van der Waals surface area (Å²) >= 11 is 0. The summed E-state index contributed by atoms with van der Waals surface area (Å²) in [6.45, 7) is 10.4. The maximum absolute atomic E-state index is 5.92. The fraction of sp³-hybridized carbons (Fsp3) is 0.500. The molecule has 0 bridgehead atoms. The Morgan fingerprint density at radius 1 is 1.23 bits per heavy atom. The average molecular weight is 300 g/mol. The van der Waals surface area contributed by atoms with Crippen molar-refractivity contribution in [1.82, 2.24) is 0 Å². The van der Waals surface area contributed by atoms with Gasteiger partial charge in [0, 0.05) is 6.42 Å². The zero-order valence-corrected chi connectivity index (χ0v) is 14.1. The highest BCUT2D eigenvalue weighted by molar-refractivity contribution is 5.45. The second-order valence-electron chi connectivity index (χ2n) is 6.48. The summed E-state index contributed by atoms with van der Waals surface area (Å²) in [5.41, 5.74) is 2.62. The Kier molecular flexibility index (Phi) is 6.11. The fourth-order valence-corrected chi connectivity index (χ4v) is 2.68. The van der Waals surface area contributed by atoms with Crippen molar-refractivity contribution in [2.45, 2.75) is 59.2 Å². The monoisotopic (exact) mass is 300 g/mol. The van der Waals surface area contributed by atoms with E-state index >= 15 is 0 Å². The van der Waals surface area contributed by atoms with Crippen molar-refractivity contribution in [2.75, 3.05) is 0 Å². The van der Waals surface area contributed by atoms with Gasteiger partial charge in [0.2, 0.25) is 6.29 Å². The molecule has 2 atom stereocenters. The molecule has 0 N–H and O–H groups in total. The molecule has 2 heteroatoms. The van der Waals surface area contributed by atoms with Crippen molar-refractivity contribution in [2.24, 2.45) is 5.92 Å². The van der Waals surface area contributed by atoms with E-state index in [-0.39, 0.29) is 6.29 Å². The molecule has 22 heavy (non-hydrogen) atoms. The van der Waals surface area contributed by atoms with Gasteiger partial charge in [-0.2, -0.15) is 0 Å². The Bertz CT molecular complexity index is 527. The lowest BCUT2D eigenvalue weighted by molar-refractivity contribution is 0.0364. The molecule has 0 saturated carbocycles. The molecule has 2 unspecified atom stereocenters. The number of allylic oxidation sites excluding steroid dienone is 3. The standard InChI is InChI=1S/C20H28O2/c1-5-7-17-11-12-18-19(14-17)22-20(21-18)13-10-16(4)9-6-8-15(2)3/h5,8,11-12,14,16,20H,1,6-7,9-10,13H2,2-4H3. The SMILES string of the molecule is C=CCc1ccc2c(c1)OC(CCC(C)CCC=C(C)C)O2. The van der Waals surface area contributed by atoms with Crippen LogP contribution in [0.4, 0.5) is 0 Å². The molecule has 0 aromatic heterocycles. The molecule has 1 aromatic carbocycles. The van der Waals surface area contributed by atoms with Crippen molar-refractivity contribution in [3.63, 3.8) is 0 Å². The summed E-state index contributed by atoms with van der Waals surface area (Å²) in [4.78, 5) is 0. The summed E-state index contributed by atoms with van der Waals surface area (Å²) in [6, 6.07) is 6.15. The Morgan fingerprint density at radius 3 is 2.73 bits per heavy atom. The number of hydrogen-bond donors (Lipinski definition) is 0. The van der Waals surface area contributed by atoms with E-state index in [0.29, 0.717) is 5.92 Å². The normalized spacial score (nSPS) is 17.1. The third-order valence-corrected chi connectivity index (χ3v) is 4.01.